The topological polar surface area (TPSA) is 66.0 Å². The van der Waals surface area contributed by atoms with Gasteiger partial charge in [0.2, 0.25) is 11.7 Å². The van der Waals surface area contributed by atoms with Crippen molar-refractivity contribution >= 4 is 23.6 Å². The van der Waals surface area contributed by atoms with Gasteiger partial charge in [-0.25, -0.2) is 0 Å². The minimum atomic E-state index is -0.278. The van der Waals surface area contributed by atoms with Gasteiger partial charge in [-0.3, -0.25) is 4.79 Å². The molecule has 0 heterocycles. The first-order chi connectivity index (χ1) is 14.1. The van der Waals surface area contributed by atoms with Crippen LogP contribution in [0.15, 0.2) is 42.5 Å². The molecule has 0 saturated carbocycles. The van der Waals surface area contributed by atoms with Crippen molar-refractivity contribution in [3.05, 3.63) is 53.1 Å². The van der Waals surface area contributed by atoms with E-state index < -0.39 is 0 Å². The van der Waals surface area contributed by atoms with Crippen LogP contribution in [0.25, 0.3) is 6.08 Å². The number of carbonyl (C=O) groups is 1. The Hall–Kier alpha value is -3.30. The third-order valence-corrected chi connectivity index (χ3v) is 4.04. The maximum atomic E-state index is 11.9. The minimum absolute atomic E-state index is 0.181. The van der Waals surface area contributed by atoms with Gasteiger partial charge >= 0.3 is 0 Å². The van der Waals surface area contributed by atoms with E-state index in [-0.39, 0.29) is 19.1 Å². The molecule has 2 aromatic carbocycles. The Labute approximate surface area is 175 Å². The summed E-state index contributed by atoms with van der Waals surface area (Å²) in [6, 6.07) is 10.6. The number of benzene rings is 2. The average molecular weight is 416 g/mol. The van der Waals surface area contributed by atoms with Gasteiger partial charge in [-0.1, -0.05) is 35.6 Å². The maximum absolute atomic E-state index is 11.9. The monoisotopic (exact) mass is 415 g/mol. The zero-order valence-corrected chi connectivity index (χ0v) is 17.2. The molecule has 2 rings (SSSR count). The number of methoxy groups -OCH3 is 3. The first-order valence-corrected chi connectivity index (χ1v) is 9.05. The SMILES string of the molecule is COc1cc(/C=C/C(=O)NCC#CCOc2ccccc2Cl)cc(OC)c1OC. The van der Waals surface area contributed by atoms with Gasteiger partial charge in [-0.15, -0.1) is 0 Å². The van der Waals surface area contributed by atoms with Crippen molar-refractivity contribution in [3.63, 3.8) is 0 Å². The molecule has 0 radical (unpaired) electrons. The Bertz CT molecular complexity index is 905. The number of nitrogens with one attached hydrogen (secondary N) is 1. The molecular weight excluding hydrogens is 394 g/mol. The molecule has 0 aromatic heterocycles. The molecule has 0 fully saturated rings. The summed E-state index contributed by atoms with van der Waals surface area (Å²) in [6.07, 6.45) is 3.05. The molecule has 0 saturated heterocycles. The molecule has 0 aliphatic rings. The number of ether oxygens (including phenoxy) is 4. The zero-order valence-electron chi connectivity index (χ0n) is 16.5. The molecule has 7 heteroatoms. The standard InChI is InChI=1S/C22H22ClNO5/c1-26-19-14-16(15-20(27-2)22(19)28-3)10-11-21(25)24-12-6-7-13-29-18-9-5-4-8-17(18)23/h4-5,8-11,14-15H,12-13H2,1-3H3,(H,24,25)/b11-10+. The Morgan fingerprint density at radius 1 is 1.03 bits per heavy atom. The molecule has 0 aliphatic carbocycles. The van der Waals surface area contributed by atoms with Crippen LogP contribution in [0, 0.1) is 11.8 Å². The maximum Gasteiger partial charge on any atom is 0.244 e. The largest absolute Gasteiger partial charge is 0.493 e. The van der Waals surface area contributed by atoms with E-state index in [1.165, 1.54) is 27.4 Å². The van der Waals surface area contributed by atoms with Crippen molar-refractivity contribution in [3.8, 4) is 34.8 Å². The van der Waals surface area contributed by atoms with E-state index in [1.54, 1.807) is 30.3 Å². The lowest BCUT2D eigenvalue weighted by Gasteiger charge is -2.12. The fourth-order valence-corrected chi connectivity index (χ4v) is 2.54. The van der Waals surface area contributed by atoms with Crippen molar-refractivity contribution in [1.29, 1.82) is 0 Å². The van der Waals surface area contributed by atoms with Gasteiger partial charge in [0, 0.05) is 6.08 Å². The summed E-state index contributed by atoms with van der Waals surface area (Å²) in [7, 11) is 4.60. The van der Waals surface area contributed by atoms with Gasteiger partial charge < -0.3 is 24.3 Å². The predicted molar refractivity (Wildman–Crippen MR) is 113 cm³/mol. The van der Waals surface area contributed by atoms with Gasteiger partial charge in [0.25, 0.3) is 0 Å². The second-order valence-corrected chi connectivity index (χ2v) is 5.99. The quantitative estimate of drug-likeness (QED) is 0.527. The predicted octanol–water partition coefficient (Wildman–Crippen LogP) is 3.58. The van der Waals surface area contributed by atoms with Crippen LogP contribution in [0.3, 0.4) is 0 Å². The summed E-state index contributed by atoms with van der Waals surface area (Å²) >= 11 is 5.99. The Balaban J connectivity index is 1.85. The van der Waals surface area contributed by atoms with Gasteiger partial charge in [0.1, 0.15) is 12.4 Å². The molecular formula is C22H22ClNO5. The van der Waals surface area contributed by atoms with Crippen LogP contribution in [0.4, 0.5) is 0 Å². The second-order valence-electron chi connectivity index (χ2n) is 5.58. The molecule has 0 spiro atoms. The fourth-order valence-electron chi connectivity index (χ4n) is 2.35. The lowest BCUT2D eigenvalue weighted by molar-refractivity contribution is -0.116. The van der Waals surface area contributed by atoms with E-state index in [0.717, 1.165) is 5.56 Å². The molecule has 2 aromatic rings. The summed E-state index contributed by atoms with van der Waals surface area (Å²) in [5, 5.41) is 3.20. The summed E-state index contributed by atoms with van der Waals surface area (Å²) in [5.41, 5.74) is 0.730. The number of amides is 1. The summed E-state index contributed by atoms with van der Waals surface area (Å²) in [5.74, 6) is 7.44. The lowest BCUT2D eigenvalue weighted by Crippen LogP contribution is -2.21. The highest BCUT2D eigenvalue weighted by atomic mass is 35.5. The highest BCUT2D eigenvalue weighted by molar-refractivity contribution is 6.32. The van der Waals surface area contributed by atoms with E-state index in [9.17, 15) is 4.79 Å². The molecule has 1 amide bonds. The number of carbonyl (C=O) groups excluding carboxylic acids is 1. The smallest absolute Gasteiger partial charge is 0.244 e. The van der Waals surface area contributed by atoms with Gasteiger partial charge in [0.05, 0.1) is 32.9 Å². The number of rotatable bonds is 8. The molecule has 0 bridgehead atoms. The molecule has 0 aliphatic heterocycles. The third-order valence-electron chi connectivity index (χ3n) is 3.73. The van der Waals surface area contributed by atoms with Gasteiger partial charge in [-0.05, 0) is 35.9 Å². The van der Waals surface area contributed by atoms with Gasteiger partial charge in [-0.2, -0.15) is 0 Å². The molecule has 6 nitrogen and oxygen atoms in total. The average Bonchev–Trinajstić information content (AvgIpc) is 2.74. The van der Waals surface area contributed by atoms with E-state index in [4.69, 9.17) is 30.5 Å². The lowest BCUT2D eigenvalue weighted by atomic mass is 10.1. The fraction of sp³-hybridized carbons (Fsp3) is 0.227. The van der Waals surface area contributed by atoms with E-state index in [0.29, 0.717) is 28.0 Å². The van der Waals surface area contributed by atoms with Crippen molar-refractivity contribution in [2.45, 2.75) is 0 Å². The Morgan fingerprint density at radius 3 is 2.34 bits per heavy atom. The van der Waals surface area contributed by atoms with Crippen LogP contribution in [0.5, 0.6) is 23.0 Å². The summed E-state index contributed by atoms with van der Waals surface area (Å²) < 4.78 is 21.3. The van der Waals surface area contributed by atoms with E-state index in [2.05, 4.69) is 17.2 Å². The number of para-hydroxylation sites is 1. The van der Waals surface area contributed by atoms with Crippen LogP contribution >= 0.6 is 11.6 Å². The second kappa shape index (κ2) is 11.5. The first-order valence-electron chi connectivity index (χ1n) is 8.68. The molecule has 0 unspecified atom stereocenters. The highest BCUT2D eigenvalue weighted by Gasteiger charge is 2.12. The van der Waals surface area contributed by atoms with Crippen LogP contribution in [-0.2, 0) is 4.79 Å². The number of halogens is 1. The van der Waals surface area contributed by atoms with E-state index in [1.807, 2.05) is 12.1 Å². The van der Waals surface area contributed by atoms with Crippen LogP contribution in [-0.4, -0.2) is 40.4 Å². The first kappa shape index (κ1) is 22.0. The summed E-state index contributed by atoms with van der Waals surface area (Å²) in [4.78, 5) is 11.9. The van der Waals surface area contributed by atoms with E-state index >= 15 is 0 Å². The normalized spacial score (nSPS) is 10.1. The van der Waals surface area contributed by atoms with Crippen molar-refractivity contribution in [1.82, 2.24) is 5.32 Å². The van der Waals surface area contributed by atoms with Crippen molar-refractivity contribution in [2.75, 3.05) is 34.5 Å². The van der Waals surface area contributed by atoms with Crippen LogP contribution < -0.4 is 24.3 Å². The molecule has 29 heavy (non-hydrogen) atoms. The third kappa shape index (κ3) is 6.66. The number of hydrogen-bond acceptors (Lipinski definition) is 5. The Morgan fingerprint density at radius 2 is 1.72 bits per heavy atom. The Kier molecular flexibility index (Phi) is 8.74. The van der Waals surface area contributed by atoms with Crippen molar-refractivity contribution in [2.24, 2.45) is 0 Å². The van der Waals surface area contributed by atoms with Gasteiger partial charge in [0.15, 0.2) is 11.5 Å². The molecule has 0 atom stereocenters. The van der Waals surface area contributed by atoms with Crippen LogP contribution in [0.1, 0.15) is 5.56 Å². The zero-order chi connectivity index (χ0) is 21.1. The summed E-state index contributed by atoms with van der Waals surface area (Å²) in [6.45, 7) is 0.380. The van der Waals surface area contributed by atoms with Crippen molar-refractivity contribution < 1.29 is 23.7 Å². The molecule has 152 valence electrons. The molecule has 1 N–H and O–H groups in total. The van der Waals surface area contributed by atoms with Crippen LogP contribution in [0.2, 0.25) is 5.02 Å². The highest BCUT2D eigenvalue weighted by Crippen LogP contribution is 2.38. The number of hydrogen-bond donors (Lipinski definition) is 1. The minimum Gasteiger partial charge on any atom is -0.493 e.